The Kier molecular flexibility index (Phi) is 5.25. The monoisotopic (exact) mass is 173 g/mol. The van der Waals surface area contributed by atoms with E-state index in [-0.39, 0.29) is 10.7 Å². The van der Waals surface area contributed by atoms with E-state index in [2.05, 4.69) is 0 Å². The Morgan fingerprint density at radius 1 is 1.50 bits per heavy atom. The molecule has 0 aromatic rings. The van der Waals surface area contributed by atoms with Crippen molar-refractivity contribution in [1.29, 1.82) is 0 Å². The molecule has 12 heavy (non-hydrogen) atoms. The average molecular weight is 173 g/mol. The summed E-state index contributed by atoms with van der Waals surface area (Å²) < 4.78 is 0. The fourth-order valence-electron chi connectivity index (χ4n) is 1.06. The van der Waals surface area contributed by atoms with Crippen LogP contribution in [0.1, 0.15) is 39.5 Å². The zero-order valence-electron chi connectivity index (χ0n) is 7.58. The number of rotatable bonds is 6. The summed E-state index contributed by atoms with van der Waals surface area (Å²) in [6, 6.07) is -0.529. The second-order valence-corrected chi connectivity index (χ2v) is 2.97. The first-order valence-corrected chi connectivity index (χ1v) is 4.20. The lowest BCUT2D eigenvalue weighted by Crippen LogP contribution is -2.19. The fourth-order valence-corrected chi connectivity index (χ4v) is 1.06. The van der Waals surface area contributed by atoms with Gasteiger partial charge in [-0.2, -0.15) is 0 Å². The van der Waals surface area contributed by atoms with Crippen LogP contribution in [-0.2, 0) is 4.79 Å². The van der Waals surface area contributed by atoms with Gasteiger partial charge in [0.25, 0.3) is 0 Å². The minimum atomic E-state index is -0.529. The molecule has 0 N–H and O–H groups in total. The molecule has 4 nitrogen and oxygen atoms in total. The van der Waals surface area contributed by atoms with Gasteiger partial charge in [-0.25, -0.2) is 0 Å². The highest BCUT2D eigenvalue weighted by atomic mass is 16.6. The average Bonchev–Trinajstić information content (AvgIpc) is 1.96. The molecule has 0 spiro atoms. The molecule has 0 aliphatic heterocycles. The maximum absolute atomic E-state index is 10.6. The van der Waals surface area contributed by atoms with Gasteiger partial charge >= 0.3 is 0 Å². The van der Waals surface area contributed by atoms with Crippen LogP contribution in [0.5, 0.6) is 0 Å². The van der Waals surface area contributed by atoms with Gasteiger partial charge in [-0.1, -0.05) is 6.92 Å². The Morgan fingerprint density at radius 2 is 2.08 bits per heavy atom. The van der Waals surface area contributed by atoms with E-state index in [0.29, 0.717) is 19.3 Å². The molecular formula is C8H15NO3. The second-order valence-electron chi connectivity index (χ2n) is 2.97. The van der Waals surface area contributed by atoms with Crippen molar-refractivity contribution < 1.29 is 9.72 Å². The zero-order valence-corrected chi connectivity index (χ0v) is 7.58. The lowest BCUT2D eigenvalue weighted by Gasteiger charge is -2.05. The predicted octanol–water partition coefficient (Wildman–Crippen LogP) is 1.80. The van der Waals surface area contributed by atoms with E-state index in [4.69, 9.17) is 0 Å². The highest BCUT2D eigenvalue weighted by Gasteiger charge is 2.18. The number of ketones is 1. The van der Waals surface area contributed by atoms with Crippen LogP contribution in [0.15, 0.2) is 0 Å². The Labute approximate surface area is 72.1 Å². The van der Waals surface area contributed by atoms with Crippen molar-refractivity contribution in [2.24, 2.45) is 0 Å². The molecule has 0 fully saturated rings. The SMILES string of the molecule is CCC[C@H](CCC(C)=O)[N+](=O)[O-]. The van der Waals surface area contributed by atoms with Gasteiger partial charge in [0.1, 0.15) is 5.78 Å². The van der Waals surface area contributed by atoms with Crippen LogP contribution >= 0.6 is 0 Å². The van der Waals surface area contributed by atoms with Gasteiger partial charge in [0.15, 0.2) is 0 Å². The van der Waals surface area contributed by atoms with Crippen LogP contribution in [-0.4, -0.2) is 16.7 Å². The molecule has 0 radical (unpaired) electrons. The summed E-state index contributed by atoms with van der Waals surface area (Å²) in [5, 5.41) is 10.4. The molecule has 0 rings (SSSR count). The molecule has 0 aromatic carbocycles. The summed E-state index contributed by atoms with van der Waals surface area (Å²) in [5.41, 5.74) is 0. The molecule has 0 heterocycles. The van der Waals surface area contributed by atoms with Crippen molar-refractivity contribution in [3.8, 4) is 0 Å². The third-order valence-electron chi connectivity index (χ3n) is 1.75. The Morgan fingerprint density at radius 3 is 2.42 bits per heavy atom. The summed E-state index contributed by atoms with van der Waals surface area (Å²) in [6.45, 7) is 3.37. The van der Waals surface area contributed by atoms with E-state index < -0.39 is 6.04 Å². The Hall–Kier alpha value is -0.930. The van der Waals surface area contributed by atoms with E-state index in [1.165, 1.54) is 6.92 Å². The normalized spacial score (nSPS) is 12.5. The number of carbonyl (C=O) groups excluding carboxylic acids is 1. The molecule has 0 amide bonds. The molecule has 0 unspecified atom stereocenters. The van der Waals surface area contributed by atoms with Crippen molar-refractivity contribution in [3.63, 3.8) is 0 Å². The first-order valence-electron chi connectivity index (χ1n) is 4.20. The summed E-state index contributed by atoms with van der Waals surface area (Å²) in [5.74, 6) is 0.0259. The summed E-state index contributed by atoms with van der Waals surface area (Å²) in [7, 11) is 0. The topological polar surface area (TPSA) is 60.2 Å². The highest BCUT2D eigenvalue weighted by molar-refractivity contribution is 5.75. The third-order valence-corrected chi connectivity index (χ3v) is 1.75. The van der Waals surface area contributed by atoms with Gasteiger partial charge in [-0.3, -0.25) is 10.1 Å². The summed E-state index contributed by atoms with van der Waals surface area (Å²) in [6.07, 6.45) is 2.08. The Balaban J connectivity index is 3.79. The zero-order chi connectivity index (χ0) is 9.56. The van der Waals surface area contributed by atoms with Gasteiger partial charge in [-0.05, 0) is 13.3 Å². The number of hydrogen-bond donors (Lipinski definition) is 0. The number of nitro groups is 1. The van der Waals surface area contributed by atoms with Gasteiger partial charge in [0.2, 0.25) is 6.04 Å². The molecule has 70 valence electrons. The van der Waals surface area contributed by atoms with Crippen LogP contribution in [0.4, 0.5) is 0 Å². The molecule has 0 saturated carbocycles. The van der Waals surface area contributed by atoms with Crippen molar-refractivity contribution in [3.05, 3.63) is 10.1 Å². The van der Waals surface area contributed by atoms with Crippen LogP contribution in [0.3, 0.4) is 0 Å². The number of carbonyl (C=O) groups is 1. The molecule has 0 bridgehead atoms. The lowest BCUT2D eigenvalue weighted by molar-refractivity contribution is -0.524. The van der Waals surface area contributed by atoms with E-state index >= 15 is 0 Å². The summed E-state index contributed by atoms with van der Waals surface area (Å²) >= 11 is 0. The fraction of sp³-hybridized carbons (Fsp3) is 0.875. The number of nitrogens with zero attached hydrogens (tertiary/aromatic N) is 1. The highest BCUT2D eigenvalue weighted by Crippen LogP contribution is 2.08. The molecule has 4 heteroatoms. The van der Waals surface area contributed by atoms with E-state index in [9.17, 15) is 14.9 Å². The van der Waals surface area contributed by atoms with Crippen LogP contribution in [0.2, 0.25) is 0 Å². The second kappa shape index (κ2) is 5.69. The first kappa shape index (κ1) is 11.1. The lowest BCUT2D eigenvalue weighted by atomic mass is 10.1. The largest absolute Gasteiger partial charge is 0.300 e. The molecule has 0 aliphatic carbocycles. The standard InChI is InChI=1S/C8H15NO3/c1-3-4-8(9(11)12)6-5-7(2)10/h8H,3-6H2,1-2H3/t8-/m1/s1. The van der Waals surface area contributed by atoms with E-state index in [0.717, 1.165) is 6.42 Å². The number of hydrogen-bond acceptors (Lipinski definition) is 3. The summed E-state index contributed by atoms with van der Waals surface area (Å²) in [4.78, 5) is 20.7. The van der Waals surface area contributed by atoms with Crippen molar-refractivity contribution in [2.75, 3.05) is 0 Å². The van der Waals surface area contributed by atoms with Crippen LogP contribution < -0.4 is 0 Å². The third kappa shape index (κ3) is 4.82. The van der Waals surface area contributed by atoms with Crippen LogP contribution in [0.25, 0.3) is 0 Å². The minimum absolute atomic E-state index is 0.0259. The molecule has 0 aliphatic rings. The smallest absolute Gasteiger partial charge is 0.213 e. The maximum Gasteiger partial charge on any atom is 0.213 e. The van der Waals surface area contributed by atoms with E-state index in [1.807, 2.05) is 6.92 Å². The molecular weight excluding hydrogens is 158 g/mol. The maximum atomic E-state index is 10.6. The predicted molar refractivity (Wildman–Crippen MR) is 45.6 cm³/mol. The van der Waals surface area contributed by atoms with Gasteiger partial charge in [0.05, 0.1) is 0 Å². The van der Waals surface area contributed by atoms with Crippen molar-refractivity contribution in [1.82, 2.24) is 0 Å². The molecule has 1 atom stereocenters. The Bertz CT molecular complexity index is 168. The van der Waals surface area contributed by atoms with Crippen LogP contribution in [0, 0.1) is 10.1 Å². The molecule has 0 saturated heterocycles. The van der Waals surface area contributed by atoms with E-state index in [1.54, 1.807) is 0 Å². The quantitative estimate of drug-likeness (QED) is 0.454. The van der Waals surface area contributed by atoms with Gasteiger partial charge in [-0.15, -0.1) is 0 Å². The van der Waals surface area contributed by atoms with Crippen molar-refractivity contribution in [2.45, 2.75) is 45.6 Å². The minimum Gasteiger partial charge on any atom is -0.300 e. The van der Waals surface area contributed by atoms with Gasteiger partial charge in [0, 0.05) is 24.2 Å². The van der Waals surface area contributed by atoms with Gasteiger partial charge < -0.3 is 4.79 Å². The first-order chi connectivity index (χ1) is 5.57. The van der Waals surface area contributed by atoms with Crippen molar-refractivity contribution >= 4 is 5.78 Å². The molecule has 0 aromatic heterocycles. The number of Topliss-reactive ketones (excluding diaryl/α,β-unsaturated/α-hetero) is 1.